The molecule has 4 heteroatoms. The lowest BCUT2D eigenvalue weighted by molar-refractivity contribution is 0.385. The third-order valence-corrected chi connectivity index (χ3v) is 3.01. The van der Waals surface area contributed by atoms with Crippen molar-refractivity contribution in [2.24, 2.45) is 5.73 Å². The normalized spacial score (nSPS) is 12.0. The van der Waals surface area contributed by atoms with E-state index in [2.05, 4.69) is 0 Å². The summed E-state index contributed by atoms with van der Waals surface area (Å²) in [5, 5.41) is 0. The van der Waals surface area contributed by atoms with Gasteiger partial charge in [-0.1, -0.05) is 24.3 Å². The highest BCUT2D eigenvalue weighted by atomic mass is 19.1. The number of nitrogens with two attached hydrogens (primary N) is 1. The number of para-hydroxylation sites is 1. The molecular formula is C15H16FNO2. The maximum absolute atomic E-state index is 13.4. The van der Waals surface area contributed by atoms with Gasteiger partial charge in [-0.15, -0.1) is 0 Å². The molecule has 0 aromatic heterocycles. The van der Waals surface area contributed by atoms with Gasteiger partial charge in [-0.3, -0.25) is 0 Å². The molecule has 0 radical (unpaired) electrons. The topological polar surface area (TPSA) is 44.5 Å². The van der Waals surface area contributed by atoms with E-state index >= 15 is 0 Å². The molecular weight excluding hydrogens is 245 g/mol. The molecule has 0 aliphatic carbocycles. The predicted octanol–water partition coefficient (Wildman–Crippen LogP) is 2.89. The average Bonchev–Trinajstić information content (AvgIpc) is 2.47. The summed E-state index contributed by atoms with van der Waals surface area (Å²) in [6.07, 6.45) is 0. The molecule has 0 bridgehead atoms. The van der Waals surface area contributed by atoms with Crippen LogP contribution in [0.15, 0.2) is 42.5 Å². The molecule has 0 saturated carbocycles. The van der Waals surface area contributed by atoms with Crippen LogP contribution in [-0.2, 0) is 0 Å². The number of benzene rings is 2. The van der Waals surface area contributed by atoms with E-state index < -0.39 is 11.9 Å². The highest BCUT2D eigenvalue weighted by Gasteiger charge is 2.15. The Kier molecular flexibility index (Phi) is 4.02. The molecule has 0 spiro atoms. The molecule has 100 valence electrons. The first-order valence-electron chi connectivity index (χ1n) is 5.89. The van der Waals surface area contributed by atoms with Crippen molar-refractivity contribution in [2.75, 3.05) is 14.2 Å². The number of rotatable bonds is 4. The van der Waals surface area contributed by atoms with Crippen molar-refractivity contribution in [3.63, 3.8) is 0 Å². The lowest BCUT2D eigenvalue weighted by atomic mass is 9.98. The first-order valence-corrected chi connectivity index (χ1v) is 5.89. The highest BCUT2D eigenvalue weighted by molar-refractivity contribution is 5.43. The summed E-state index contributed by atoms with van der Waals surface area (Å²) in [5.74, 6) is 0.486. The van der Waals surface area contributed by atoms with Crippen LogP contribution in [0.25, 0.3) is 0 Å². The number of ether oxygens (including phenoxy) is 2. The van der Waals surface area contributed by atoms with E-state index in [4.69, 9.17) is 15.2 Å². The zero-order valence-corrected chi connectivity index (χ0v) is 10.9. The summed E-state index contributed by atoms with van der Waals surface area (Å²) < 4.78 is 23.6. The number of halogens is 1. The van der Waals surface area contributed by atoms with Crippen LogP contribution in [0, 0.1) is 5.82 Å². The van der Waals surface area contributed by atoms with Gasteiger partial charge in [0.05, 0.1) is 20.3 Å². The summed E-state index contributed by atoms with van der Waals surface area (Å²) in [4.78, 5) is 0. The van der Waals surface area contributed by atoms with E-state index in [1.165, 1.54) is 13.2 Å². The van der Waals surface area contributed by atoms with Gasteiger partial charge in [-0.05, 0) is 23.8 Å². The van der Waals surface area contributed by atoms with Crippen LogP contribution in [0.3, 0.4) is 0 Å². The minimum atomic E-state index is -0.404. The average molecular weight is 261 g/mol. The van der Waals surface area contributed by atoms with Crippen molar-refractivity contribution >= 4 is 0 Å². The van der Waals surface area contributed by atoms with Crippen LogP contribution in [-0.4, -0.2) is 14.2 Å². The molecule has 1 unspecified atom stereocenters. The van der Waals surface area contributed by atoms with E-state index in [1.807, 2.05) is 24.3 Å². The molecule has 2 aromatic rings. The van der Waals surface area contributed by atoms with Gasteiger partial charge in [0.1, 0.15) is 5.75 Å². The summed E-state index contributed by atoms with van der Waals surface area (Å²) in [6.45, 7) is 0. The first kappa shape index (κ1) is 13.4. The highest BCUT2D eigenvalue weighted by Crippen LogP contribution is 2.30. The van der Waals surface area contributed by atoms with Gasteiger partial charge in [-0.25, -0.2) is 4.39 Å². The smallest absolute Gasteiger partial charge is 0.165 e. The van der Waals surface area contributed by atoms with E-state index in [9.17, 15) is 4.39 Å². The summed E-state index contributed by atoms with van der Waals surface area (Å²) in [6, 6.07) is 11.7. The van der Waals surface area contributed by atoms with E-state index in [0.29, 0.717) is 5.75 Å². The van der Waals surface area contributed by atoms with Gasteiger partial charge in [0.2, 0.25) is 0 Å². The molecule has 0 aliphatic heterocycles. The largest absolute Gasteiger partial charge is 0.496 e. The zero-order valence-electron chi connectivity index (χ0n) is 10.9. The van der Waals surface area contributed by atoms with Crippen LogP contribution in [0.1, 0.15) is 17.2 Å². The molecule has 2 N–H and O–H groups in total. The fraction of sp³-hybridized carbons (Fsp3) is 0.200. The first-order chi connectivity index (χ1) is 9.17. The quantitative estimate of drug-likeness (QED) is 0.920. The zero-order chi connectivity index (χ0) is 13.8. The molecule has 0 heterocycles. The Hall–Kier alpha value is -2.07. The molecule has 19 heavy (non-hydrogen) atoms. The Balaban J connectivity index is 2.41. The third-order valence-electron chi connectivity index (χ3n) is 3.01. The SMILES string of the molecule is COc1cc(C(N)c2ccccc2OC)ccc1F. The fourth-order valence-corrected chi connectivity index (χ4v) is 1.97. The second kappa shape index (κ2) is 5.71. The molecule has 3 nitrogen and oxygen atoms in total. The molecule has 0 fully saturated rings. The third kappa shape index (κ3) is 2.69. The van der Waals surface area contributed by atoms with Crippen LogP contribution in [0.4, 0.5) is 4.39 Å². The molecule has 1 atom stereocenters. The molecule has 2 aromatic carbocycles. The van der Waals surface area contributed by atoms with E-state index in [0.717, 1.165) is 11.1 Å². The van der Waals surface area contributed by atoms with Crippen molar-refractivity contribution in [3.05, 3.63) is 59.4 Å². The maximum Gasteiger partial charge on any atom is 0.165 e. The van der Waals surface area contributed by atoms with Gasteiger partial charge in [0, 0.05) is 5.56 Å². The monoisotopic (exact) mass is 261 g/mol. The van der Waals surface area contributed by atoms with Gasteiger partial charge in [0.25, 0.3) is 0 Å². The van der Waals surface area contributed by atoms with Crippen molar-refractivity contribution in [1.82, 2.24) is 0 Å². The van der Waals surface area contributed by atoms with Gasteiger partial charge in [0.15, 0.2) is 11.6 Å². The van der Waals surface area contributed by atoms with Crippen LogP contribution in [0.5, 0.6) is 11.5 Å². The van der Waals surface area contributed by atoms with Crippen LogP contribution in [0.2, 0.25) is 0 Å². The van der Waals surface area contributed by atoms with Gasteiger partial charge >= 0.3 is 0 Å². The Bertz CT molecular complexity index is 572. The number of methoxy groups -OCH3 is 2. The summed E-state index contributed by atoms with van der Waals surface area (Å²) >= 11 is 0. The molecule has 0 amide bonds. The Morgan fingerprint density at radius 2 is 1.68 bits per heavy atom. The molecule has 0 saturated heterocycles. The van der Waals surface area contributed by atoms with Crippen molar-refractivity contribution < 1.29 is 13.9 Å². The van der Waals surface area contributed by atoms with Gasteiger partial charge < -0.3 is 15.2 Å². The van der Waals surface area contributed by atoms with E-state index in [1.54, 1.807) is 19.2 Å². The second-order valence-electron chi connectivity index (χ2n) is 4.11. The van der Waals surface area contributed by atoms with Crippen molar-refractivity contribution in [2.45, 2.75) is 6.04 Å². The van der Waals surface area contributed by atoms with E-state index in [-0.39, 0.29) is 5.75 Å². The van der Waals surface area contributed by atoms with Crippen molar-refractivity contribution in [3.8, 4) is 11.5 Å². The standard InChI is InChI=1S/C15H16FNO2/c1-18-13-6-4-3-5-11(13)15(17)10-7-8-12(16)14(9-10)19-2/h3-9,15H,17H2,1-2H3. The maximum atomic E-state index is 13.4. The lowest BCUT2D eigenvalue weighted by Crippen LogP contribution is -2.13. The Labute approximate surface area is 111 Å². The Morgan fingerprint density at radius 1 is 1.00 bits per heavy atom. The minimum Gasteiger partial charge on any atom is -0.496 e. The molecule has 2 rings (SSSR count). The summed E-state index contributed by atoms with van der Waals surface area (Å²) in [7, 11) is 3.02. The fourth-order valence-electron chi connectivity index (χ4n) is 1.97. The minimum absolute atomic E-state index is 0.183. The number of hydrogen-bond donors (Lipinski definition) is 1. The Morgan fingerprint density at radius 3 is 2.37 bits per heavy atom. The van der Waals surface area contributed by atoms with Gasteiger partial charge in [-0.2, -0.15) is 0 Å². The van der Waals surface area contributed by atoms with Crippen LogP contribution < -0.4 is 15.2 Å². The van der Waals surface area contributed by atoms with Crippen LogP contribution >= 0.6 is 0 Å². The lowest BCUT2D eigenvalue weighted by Gasteiger charge is -2.16. The predicted molar refractivity (Wildman–Crippen MR) is 72.0 cm³/mol. The molecule has 0 aliphatic rings. The van der Waals surface area contributed by atoms with Crippen molar-refractivity contribution in [1.29, 1.82) is 0 Å². The number of hydrogen-bond acceptors (Lipinski definition) is 3. The second-order valence-corrected chi connectivity index (χ2v) is 4.11. The summed E-state index contributed by atoms with van der Waals surface area (Å²) in [5.41, 5.74) is 7.82.